The summed E-state index contributed by atoms with van der Waals surface area (Å²) in [7, 11) is -1.68. The fraction of sp³-hybridized carbons (Fsp3) is 0.667. The van der Waals surface area contributed by atoms with Gasteiger partial charge in [-0.05, 0) is 50.6 Å². The van der Waals surface area contributed by atoms with E-state index in [2.05, 4.69) is 72.5 Å². The van der Waals surface area contributed by atoms with Gasteiger partial charge in [-0.25, -0.2) is 0 Å². The highest BCUT2D eigenvalue weighted by molar-refractivity contribution is 6.76. The second kappa shape index (κ2) is 6.44. The van der Waals surface area contributed by atoms with Crippen molar-refractivity contribution in [3.8, 4) is 0 Å². The molecule has 1 aliphatic carbocycles. The van der Waals surface area contributed by atoms with Crippen molar-refractivity contribution in [1.29, 1.82) is 0 Å². The van der Waals surface area contributed by atoms with Crippen LogP contribution in [0.1, 0.15) is 41.0 Å². The van der Waals surface area contributed by atoms with Gasteiger partial charge in [-0.15, -0.1) is 6.58 Å². The fourth-order valence-corrected chi connectivity index (χ4v) is 3.84. The molecule has 0 spiro atoms. The molecule has 0 amide bonds. The van der Waals surface area contributed by atoms with Crippen LogP contribution >= 0.6 is 0 Å². The first-order chi connectivity index (χ1) is 9.10. The van der Waals surface area contributed by atoms with Crippen LogP contribution in [-0.4, -0.2) is 14.4 Å². The molecule has 0 aromatic rings. The van der Waals surface area contributed by atoms with Gasteiger partial charge < -0.3 is 4.43 Å². The lowest BCUT2D eigenvalue weighted by Crippen LogP contribution is -2.34. The quantitative estimate of drug-likeness (QED) is 0.463. The summed E-state index contributed by atoms with van der Waals surface area (Å²) in [6.07, 6.45) is 8.55. The van der Waals surface area contributed by atoms with Gasteiger partial charge in [0.2, 0.25) is 8.32 Å². The number of hydrogen-bond acceptors (Lipinski definition) is 1. The van der Waals surface area contributed by atoms with Gasteiger partial charge in [0.1, 0.15) is 0 Å². The Labute approximate surface area is 126 Å². The molecule has 3 atom stereocenters. The molecule has 0 radical (unpaired) electrons. The van der Waals surface area contributed by atoms with Crippen molar-refractivity contribution in [1.82, 2.24) is 0 Å². The van der Waals surface area contributed by atoms with Crippen LogP contribution in [0.2, 0.25) is 13.1 Å². The van der Waals surface area contributed by atoms with Crippen LogP contribution in [0.4, 0.5) is 0 Å². The van der Waals surface area contributed by atoms with Crippen molar-refractivity contribution in [2.45, 2.75) is 60.2 Å². The monoisotopic (exact) mass is 292 g/mol. The van der Waals surface area contributed by atoms with E-state index in [4.69, 9.17) is 4.43 Å². The van der Waals surface area contributed by atoms with E-state index in [0.29, 0.717) is 17.3 Å². The highest BCUT2D eigenvalue weighted by atomic mass is 28.4. The molecule has 0 aromatic heterocycles. The van der Waals surface area contributed by atoms with E-state index in [1.807, 2.05) is 5.70 Å². The molecular formula is C18H32OSi. The minimum atomic E-state index is -1.68. The summed E-state index contributed by atoms with van der Waals surface area (Å²) in [5.74, 6) is 1.07. The van der Waals surface area contributed by atoms with Gasteiger partial charge in [0.15, 0.2) is 0 Å². The van der Waals surface area contributed by atoms with Gasteiger partial charge in [0, 0.05) is 6.10 Å². The zero-order valence-electron chi connectivity index (χ0n) is 14.4. The Morgan fingerprint density at radius 1 is 1.40 bits per heavy atom. The highest BCUT2D eigenvalue weighted by Gasteiger charge is 2.33. The number of rotatable bonds is 6. The van der Waals surface area contributed by atoms with Crippen LogP contribution in [0.25, 0.3) is 0 Å². The standard InChI is InChI=1S/C18H32OSi/c1-9-20(7,8)19-16(4)14(2)10-12-17-13-11-15(3)18(17,5)6/h9-12,14,16-17H,1,13H2,2-8H3. The van der Waals surface area contributed by atoms with Crippen molar-refractivity contribution < 1.29 is 4.43 Å². The van der Waals surface area contributed by atoms with E-state index >= 15 is 0 Å². The molecule has 0 saturated heterocycles. The van der Waals surface area contributed by atoms with Gasteiger partial charge in [-0.1, -0.05) is 50.3 Å². The second-order valence-corrected chi connectivity index (χ2v) is 11.2. The molecule has 1 rings (SSSR count). The van der Waals surface area contributed by atoms with Crippen LogP contribution < -0.4 is 0 Å². The van der Waals surface area contributed by atoms with Crippen LogP contribution in [0.15, 0.2) is 36.1 Å². The molecule has 1 aliphatic rings. The fourth-order valence-electron chi connectivity index (χ4n) is 2.57. The Morgan fingerprint density at radius 3 is 2.45 bits per heavy atom. The summed E-state index contributed by atoms with van der Waals surface area (Å²) in [5, 5.41) is 0. The molecule has 1 nitrogen and oxygen atoms in total. The zero-order chi connectivity index (χ0) is 15.6. The maximum absolute atomic E-state index is 6.19. The summed E-state index contributed by atoms with van der Waals surface area (Å²) in [4.78, 5) is 0. The zero-order valence-corrected chi connectivity index (χ0v) is 15.4. The van der Waals surface area contributed by atoms with Crippen molar-refractivity contribution in [2.24, 2.45) is 17.3 Å². The first-order valence-electron chi connectivity index (χ1n) is 7.77. The molecule has 0 N–H and O–H groups in total. The van der Waals surface area contributed by atoms with Gasteiger partial charge in [-0.2, -0.15) is 0 Å². The lowest BCUT2D eigenvalue weighted by atomic mass is 9.77. The van der Waals surface area contributed by atoms with Crippen molar-refractivity contribution in [2.75, 3.05) is 0 Å². The number of allylic oxidation sites excluding steroid dienone is 3. The average molecular weight is 293 g/mol. The Hall–Kier alpha value is -0.603. The first kappa shape index (κ1) is 17.4. The predicted octanol–water partition coefficient (Wildman–Crippen LogP) is 5.51. The highest BCUT2D eigenvalue weighted by Crippen LogP contribution is 2.43. The van der Waals surface area contributed by atoms with Crippen molar-refractivity contribution >= 4 is 8.32 Å². The van der Waals surface area contributed by atoms with E-state index in [1.54, 1.807) is 0 Å². The minimum absolute atomic E-state index is 0.254. The van der Waals surface area contributed by atoms with Gasteiger partial charge in [-0.3, -0.25) is 0 Å². The molecule has 20 heavy (non-hydrogen) atoms. The summed E-state index contributed by atoms with van der Waals surface area (Å²) in [6, 6.07) is 0. The third-order valence-electron chi connectivity index (χ3n) is 4.99. The maximum Gasteiger partial charge on any atom is 0.210 e. The summed E-state index contributed by atoms with van der Waals surface area (Å²) in [5.41, 5.74) is 3.83. The van der Waals surface area contributed by atoms with E-state index in [9.17, 15) is 0 Å². The lowest BCUT2D eigenvalue weighted by Gasteiger charge is -2.29. The number of hydrogen-bond donors (Lipinski definition) is 0. The first-order valence-corrected chi connectivity index (χ1v) is 10.8. The molecular weight excluding hydrogens is 260 g/mol. The molecule has 0 saturated carbocycles. The topological polar surface area (TPSA) is 9.23 Å². The van der Waals surface area contributed by atoms with Gasteiger partial charge in [0.25, 0.3) is 0 Å². The average Bonchev–Trinajstić information content (AvgIpc) is 2.61. The van der Waals surface area contributed by atoms with Crippen LogP contribution in [0.3, 0.4) is 0 Å². The summed E-state index contributed by atoms with van der Waals surface area (Å²) < 4.78 is 6.19. The Kier molecular flexibility index (Phi) is 5.62. The smallest absolute Gasteiger partial charge is 0.210 e. The third-order valence-corrected chi connectivity index (χ3v) is 6.95. The Balaban J connectivity index is 2.61. The van der Waals surface area contributed by atoms with Gasteiger partial charge in [0.05, 0.1) is 0 Å². The molecule has 0 fully saturated rings. The predicted molar refractivity (Wildman–Crippen MR) is 92.2 cm³/mol. The van der Waals surface area contributed by atoms with E-state index in [-0.39, 0.29) is 6.10 Å². The molecule has 114 valence electrons. The molecule has 3 unspecified atom stereocenters. The van der Waals surface area contributed by atoms with E-state index in [0.717, 1.165) is 0 Å². The third kappa shape index (κ3) is 4.19. The summed E-state index contributed by atoms with van der Waals surface area (Å²) in [6.45, 7) is 19.7. The van der Waals surface area contributed by atoms with Crippen LogP contribution in [0.5, 0.6) is 0 Å². The van der Waals surface area contributed by atoms with Crippen molar-refractivity contribution in [3.05, 3.63) is 36.1 Å². The van der Waals surface area contributed by atoms with E-state index < -0.39 is 8.32 Å². The molecule has 2 heteroatoms. The Morgan fingerprint density at radius 2 is 2.00 bits per heavy atom. The second-order valence-electron chi connectivity index (χ2n) is 7.33. The minimum Gasteiger partial charge on any atom is -0.410 e. The summed E-state index contributed by atoms with van der Waals surface area (Å²) >= 11 is 0. The normalized spacial score (nSPS) is 25.6. The van der Waals surface area contributed by atoms with Crippen LogP contribution in [-0.2, 0) is 4.43 Å². The molecule has 0 bridgehead atoms. The van der Waals surface area contributed by atoms with Crippen LogP contribution in [0, 0.1) is 17.3 Å². The van der Waals surface area contributed by atoms with E-state index in [1.165, 1.54) is 12.0 Å². The van der Waals surface area contributed by atoms with Gasteiger partial charge >= 0.3 is 0 Å². The van der Waals surface area contributed by atoms with Crippen molar-refractivity contribution in [3.63, 3.8) is 0 Å². The molecule has 0 heterocycles. The maximum atomic E-state index is 6.19. The molecule has 0 aromatic carbocycles. The lowest BCUT2D eigenvalue weighted by molar-refractivity contribution is 0.177. The largest absolute Gasteiger partial charge is 0.410 e. The SMILES string of the molecule is C=C[Si](C)(C)OC(C)C(C)C=CC1CC=C(C)C1(C)C. The Bertz CT molecular complexity index is 404. The molecule has 0 aliphatic heterocycles.